The maximum atomic E-state index is 5.34. The molecule has 0 aromatic heterocycles. The summed E-state index contributed by atoms with van der Waals surface area (Å²) >= 11 is 0. The molecule has 0 aliphatic rings. The summed E-state index contributed by atoms with van der Waals surface area (Å²) in [6, 6.07) is 0.716. The third kappa shape index (κ3) is 23.5. The van der Waals surface area contributed by atoms with E-state index in [4.69, 9.17) is 11.5 Å². The molecule has 1 unspecified atom stereocenters. The van der Waals surface area contributed by atoms with Gasteiger partial charge in [0.25, 0.3) is 0 Å². The lowest BCUT2D eigenvalue weighted by Crippen LogP contribution is -2.32. The molecule has 0 aromatic rings. The number of unbranched alkanes of at least 4 members (excludes halogenated alkanes) is 11. The van der Waals surface area contributed by atoms with Crippen LogP contribution in [0.2, 0.25) is 0 Å². The van der Waals surface area contributed by atoms with Crippen molar-refractivity contribution in [3.8, 4) is 0 Å². The van der Waals surface area contributed by atoms with Crippen LogP contribution < -0.4 is 22.1 Å². The van der Waals surface area contributed by atoms with Gasteiger partial charge in [0.05, 0.1) is 0 Å². The minimum Gasteiger partial charge on any atom is -0.370 e. The van der Waals surface area contributed by atoms with Gasteiger partial charge in [-0.3, -0.25) is 4.99 Å². The van der Waals surface area contributed by atoms with Gasteiger partial charge in [0, 0.05) is 12.6 Å². The first-order chi connectivity index (χ1) is 14.7. The number of aliphatic imine (C=N–C) groups is 1. The molecule has 0 saturated heterocycles. The summed E-state index contributed by atoms with van der Waals surface area (Å²) in [5.74, 6) is 0.191. The third-order valence-electron chi connectivity index (χ3n) is 5.83. The number of nitrogens with one attached hydrogen (secondary N) is 2. The maximum absolute atomic E-state index is 5.34. The maximum Gasteiger partial charge on any atom is 0.185 e. The van der Waals surface area contributed by atoms with Crippen molar-refractivity contribution < 1.29 is 0 Å². The normalized spacial score (nSPS) is 12.2. The van der Waals surface area contributed by atoms with Gasteiger partial charge in [-0.1, -0.05) is 97.3 Å². The summed E-state index contributed by atoms with van der Waals surface area (Å²) in [6.45, 7) is 8.47. The molecule has 1 atom stereocenters. The molecule has 0 heterocycles. The molecule has 0 bridgehead atoms. The SMILES string of the molecule is CCCCCCCCCC(CCCCCCCC)NCCCNCCCN=C(N)N. The monoisotopic (exact) mass is 425 g/mol. The molecule has 5 heteroatoms. The van der Waals surface area contributed by atoms with Crippen molar-refractivity contribution in [2.24, 2.45) is 16.5 Å². The summed E-state index contributed by atoms with van der Waals surface area (Å²) in [4.78, 5) is 4.01. The van der Waals surface area contributed by atoms with Crippen LogP contribution in [-0.2, 0) is 0 Å². The molecule has 0 radical (unpaired) electrons. The molecule has 180 valence electrons. The molecule has 0 aliphatic heterocycles. The summed E-state index contributed by atoms with van der Waals surface area (Å²) in [5.41, 5.74) is 10.7. The standard InChI is InChI=1S/C25H55N5/c1-3-5-7-9-11-13-15-19-24(18-14-12-10-8-6-4-2)29-22-16-20-28-21-17-23-30-25(26)27/h24,28-29H,3-23H2,1-2H3,(H4,26,27,30). The van der Waals surface area contributed by atoms with Crippen LogP contribution in [0.4, 0.5) is 0 Å². The number of hydrogen-bond acceptors (Lipinski definition) is 3. The average Bonchev–Trinajstić information content (AvgIpc) is 2.73. The lowest BCUT2D eigenvalue weighted by molar-refractivity contribution is 0.407. The van der Waals surface area contributed by atoms with Gasteiger partial charge < -0.3 is 22.1 Å². The van der Waals surface area contributed by atoms with E-state index in [9.17, 15) is 0 Å². The van der Waals surface area contributed by atoms with Gasteiger partial charge in [0.15, 0.2) is 5.96 Å². The van der Waals surface area contributed by atoms with Gasteiger partial charge in [-0.15, -0.1) is 0 Å². The van der Waals surface area contributed by atoms with E-state index in [0.29, 0.717) is 12.6 Å². The van der Waals surface area contributed by atoms with E-state index in [1.54, 1.807) is 0 Å². The van der Waals surface area contributed by atoms with Crippen LogP contribution in [0.5, 0.6) is 0 Å². The average molecular weight is 426 g/mol. The first kappa shape index (κ1) is 29.2. The predicted molar refractivity (Wildman–Crippen MR) is 135 cm³/mol. The van der Waals surface area contributed by atoms with Crippen LogP contribution in [0.15, 0.2) is 4.99 Å². The molecule has 0 rings (SSSR count). The van der Waals surface area contributed by atoms with Gasteiger partial charge in [0.2, 0.25) is 0 Å². The van der Waals surface area contributed by atoms with Crippen molar-refractivity contribution >= 4 is 5.96 Å². The first-order valence-electron chi connectivity index (χ1n) is 13.2. The zero-order valence-corrected chi connectivity index (χ0v) is 20.5. The fraction of sp³-hybridized carbons (Fsp3) is 0.960. The molecular weight excluding hydrogens is 370 g/mol. The molecule has 0 amide bonds. The van der Waals surface area contributed by atoms with E-state index in [0.717, 1.165) is 26.1 Å². The first-order valence-corrected chi connectivity index (χ1v) is 13.2. The second kappa shape index (κ2) is 24.5. The highest BCUT2D eigenvalue weighted by atomic mass is 15.0. The Hall–Kier alpha value is -0.810. The summed E-state index contributed by atoms with van der Waals surface area (Å²) in [5, 5.41) is 7.35. The molecule has 0 saturated carbocycles. The topological polar surface area (TPSA) is 88.5 Å². The van der Waals surface area contributed by atoms with Crippen LogP contribution in [0, 0.1) is 0 Å². The van der Waals surface area contributed by atoms with Gasteiger partial charge in [-0.2, -0.15) is 0 Å². The highest BCUT2D eigenvalue weighted by molar-refractivity contribution is 5.75. The molecule has 0 aromatic carbocycles. The van der Waals surface area contributed by atoms with Crippen LogP contribution in [-0.4, -0.2) is 38.2 Å². The third-order valence-corrected chi connectivity index (χ3v) is 5.83. The van der Waals surface area contributed by atoms with E-state index >= 15 is 0 Å². The summed E-state index contributed by atoms with van der Waals surface area (Å²) < 4.78 is 0. The largest absolute Gasteiger partial charge is 0.370 e. The molecule has 0 spiro atoms. The van der Waals surface area contributed by atoms with Gasteiger partial charge in [-0.25, -0.2) is 0 Å². The van der Waals surface area contributed by atoms with Crippen LogP contribution >= 0.6 is 0 Å². The molecular formula is C25H55N5. The molecule has 0 fully saturated rings. The Kier molecular flexibility index (Phi) is 23.8. The van der Waals surface area contributed by atoms with E-state index in [2.05, 4.69) is 29.5 Å². The van der Waals surface area contributed by atoms with Crippen molar-refractivity contribution in [3.05, 3.63) is 0 Å². The zero-order chi connectivity index (χ0) is 22.1. The zero-order valence-electron chi connectivity index (χ0n) is 20.5. The highest BCUT2D eigenvalue weighted by Crippen LogP contribution is 2.14. The van der Waals surface area contributed by atoms with E-state index in [1.807, 2.05) is 0 Å². The highest BCUT2D eigenvalue weighted by Gasteiger charge is 2.07. The van der Waals surface area contributed by atoms with Gasteiger partial charge >= 0.3 is 0 Å². The van der Waals surface area contributed by atoms with Gasteiger partial charge in [0.1, 0.15) is 0 Å². The van der Waals surface area contributed by atoms with Crippen molar-refractivity contribution in [1.82, 2.24) is 10.6 Å². The Balaban J connectivity index is 3.83. The Bertz CT molecular complexity index is 355. The fourth-order valence-electron chi connectivity index (χ4n) is 3.92. The van der Waals surface area contributed by atoms with Crippen molar-refractivity contribution in [2.45, 2.75) is 129 Å². The number of nitrogens with two attached hydrogens (primary N) is 2. The number of hydrogen-bond donors (Lipinski definition) is 4. The Morgan fingerprint density at radius 2 is 1.13 bits per heavy atom. The molecule has 5 nitrogen and oxygen atoms in total. The van der Waals surface area contributed by atoms with Crippen molar-refractivity contribution in [1.29, 1.82) is 0 Å². The minimum atomic E-state index is 0.191. The fourth-order valence-corrected chi connectivity index (χ4v) is 3.92. The van der Waals surface area contributed by atoms with Crippen LogP contribution in [0.25, 0.3) is 0 Å². The Morgan fingerprint density at radius 1 is 0.633 bits per heavy atom. The minimum absolute atomic E-state index is 0.191. The van der Waals surface area contributed by atoms with E-state index in [1.165, 1.54) is 103 Å². The van der Waals surface area contributed by atoms with Crippen LogP contribution in [0.1, 0.15) is 123 Å². The Labute approximate surface area is 188 Å². The quantitative estimate of drug-likeness (QED) is 0.0936. The number of nitrogens with zero attached hydrogens (tertiary/aromatic N) is 1. The van der Waals surface area contributed by atoms with E-state index < -0.39 is 0 Å². The van der Waals surface area contributed by atoms with E-state index in [-0.39, 0.29) is 5.96 Å². The van der Waals surface area contributed by atoms with Crippen LogP contribution in [0.3, 0.4) is 0 Å². The number of rotatable bonds is 24. The molecule has 6 N–H and O–H groups in total. The predicted octanol–water partition coefficient (Wildman–Crippen LogP) is 5.48. The lowest BCUT2D eigenvalue weighted by Gasteiger charge is -2.19. The summed E-state index contributed by atoms with van der Waals surface area (Å²) in [7, 11) is 0. The Morgan fingerprint density at radius 3 is 1.67 bits per heavy atom. The van der Waals surface area contributed by atoms with Crippen molar-refractivity contribution in [2.75, 3.05) is 26.2 Å². The van der Waals surface area contributed by atoms with Gasteiger partial charge in [-0.05, 0) is 45.3 Å². The van der Waals surface area contributed by atoms with Crippen molar-refractivity contribution in [3.63, 3.8) is 0 Å². The smallest absolute Gasteiger partial charge is 0.185 e. The molecule has 0 aliphatic carbocycles. The second-order valence-electron chi connectivity index (χ2n) is 8.88. The summed E-state index contributed by atoms with van der Waals surface area (Å²) in [6.07, 6.45) is 23.1. The molecule has 30 heavy (non-hydrogen) atoms. The number of guanidine groups is 1. The second-order valence-corrected chi connectivity index (χ2v) is 8.88. The lowest BCUT2D eigenvalue weighted by atomic mass is 10.00.